The Labute approximate surface area is 118 Å². The van der Waals surface area contributed by atoms with Gasteiger partial charge in [0.25, 0.3) is 0 Å². The Balaban J connectivity index is 2.05. The number of hydrogen-bond donors (Lipinski definition) is 1. The van der Waals surface area contributed by atoms with E-state index in [1.807, 2.05) is 30.3 Å². The van der Waals surface area contributed by atoms with E-state index in [0.717, 1.165) is 11.3 Å². The number of hydrogen-bond acceptors (Lipinski definition) is 3. The molecule has 0 amide bonds. The lowest BCUT2D eigenvalue weighted by molar-refractivity contribution is 0.497. The number of rotatable bonds is 2. The van der Waals surface area contributed by atoms with Gasteiger partial charge in [-0.1, -0.05) is 22.0 Å². The number of nitrogens with one attached hydrogen (secondary N) is 1. The maximum atomic E-state index is 11.1. The van der Waals surface area contributed by atoms with Gasteiger partial charge in [-0.2, -0.15) is 0 Å². The molecule has 92 valence electrons. The van der Waals surface area contributed by atoms with Crippen LogP contribution in [-0.4, -0.2) is 4.98 Å². The maximum Gasteiger partial charge on any atom is 0.417 e. The van der Waals surface area contributed by atoms with Gasteiger partial charge in [-0.05, 0) is 45.8 Å². The topological polar surface area (TPSA) is 59.1 Å². The summed E-state index contributed by atoms with van der Waals surface area (Å²) in [6.07, 6.45) is 0. The number of H-pyrrole nitrogens is 1. The van der Waals surface area contributed by atoms with E-state index in [0.29, 0.717) is 15.8 Å². The highest BCUT2D eigenvalue weighted by atomic mass is 79.9. The van der Waals surface area contributed by atoms with Gasteiger partial charge in [0.05, 0.1) is 10.3 Å². The van der Waals surface area contributed by atoms with Crippen molar-refractivity contribution in [2.75, 3.05) is 0 Å². The van der Waals surface area contributed by atoms with Gasteiger partial charge >= 0.3 is 5.76 Å². The molecule has 0 saturated carbocycles. The minimum atomic E-state index is -0.450. The average Bonchev–Trinajstić information content (AvgIpc) is 2.92. The molecule has 2 aromatic heterocycles. The summed E-state index contributed by atoms with van der Waals surface area (Å²) in [7, 11) is 0. The zero-order chi connectivity index (χ0) is 12.7. The first-order chi connectivity index (χ1) is 8.63. The predicted octanol–water partition coefficient (Wildman–Crippen LogP) is 3.96. The Morgan fingerprint density at radius 1 is 1.17 bits per heavy atom. The largest absolute Gasteiger partial charge is 0.453 e. The second-order valence-electron chi connectivity index (χ2n) is 3.77. The molecule has 0 saturated heterocycles. The van der Waals surface area contributed by atoms with Gasteiger partial charge in [-0.3, -0.25) is 4.98 Å². The minimum absolute atomic E-state index is 0.0894. The average molecular weight is 373 g/mol. The van der Waals surface area contributed by atoms with Crippen molar-refractivity contribution in [1.29, 1.82) is 0 Å². The zero-order valence-electron chi connectivity index (χ0n) is 8.94. The molecule has 0 radical (unpaired) electrons. The molecule has 1 unspecified atom stereocenters. The first kappa shape index (κ1) is 11.8. The Kier molecular flexibility index (Phi) is 2.91. The molecule has 0 spiro atoms. The summed E-state index contributed by atoms with van der Waals surface area (Å²) in [5, 5.41) is 0. The van der Waals surface area contributed by atoms with Crippen LogP contribution in [0.3, 0.4) is 0 Å². The van der Waals surface area contributed by atoms with Crippen LogP contribution in [0.4, 0.5) is 0 Å². The number of aromatic amines is 1. The zero-order valence-corrected chi connectivity index (χ0v) is 12.1. The summed E-state index contributed by atoms with van der Waals surface area (Å²) in [6.45, 7) is 0. The standard InChI is InChI=1S/C12H7Br2NO3/c13-10-4-3-8(17-10)11(14)6-1-2-7-9(5-6)18-12(16)15-7/h1-5,11H,(H,15,16). The number of benzene rings is 1. The number of alkyl halides is 1. The van der Waals surface area contributed by atoms with Gasteiger partial charge in [-0.25, -0.2) is 4.79 Å². The van der Waals surface area contributed by atoms with Crippen LogP contribution in [0.5, 0.6) is 0 Å². The van der Waals surface area contributed by atoms with E-state index < -0.39 is 5.76 Å². The molecule has 0 aliphatic carbocycles. The molecule has 3 rings (SSSR count). The van der Waals surface area contributed by atoms with Gasteiger partial charge in [0.15, 0.2) is 10.3 Å². The molecule has 0 aliphatic rings. The molecule has 1 aromatic carbocycles. The van der Waals surface area contributed by atoms with Crippen LogP contribution in [0.15, 0.2) is 48.6 Å². The molecule has 1 atom stereocenters. The van der Waals surface area contributed by atoms with E-state index in [1.165, 1.54) is 0 Å². The van der Waals surface area contributed by atoms with Crippen LogP contribution in [0, 0.1) is 0 Å². The Morgan fingerprint density at radius 2 is 2.00 bits per heavy atom. The highest BCUT2D eigenvalue weighted by molar-refractivity contribution is 9.10. The van der Waals surface area contributed by atoms with Gasteiger partial charge in [-0.15, -0.1) is 0 Å². The molecule has 0 fully saturated rings. The third-order valence-electron chi connectivity index (χ3n) is 2.58. The second-order valence-corrected chi connectivity index (χ2v) is 5.47. The van der Waals surface area contributed by atoms with Gasteiger partial charge < -0.3 is 8.83 Å². The molecule has 18 heavy (non-hydrogen) atoms. The summed E-state index contributed by atoms with van der Waals surface area (Å²) in [5.74, 6) is 0.327. The fourth-order valence-corrected chi connectivity index (χ4v) is 2.60. The second kappa shape index (κ2) is 4.44. The summed E-state index contributed by atoms with van der Waals surface area (Å²) in [6, 6.07) is 9.23. The van der Waals surface area contributed by atoms with Crippen molar-refractivity contribution >= 4 is 43.0 Å². The molecular formula is C12H7Br2NO3. The Hall–Kier alpha value is -1.27. The fraction of sp³-hybridized carbons (Fsp3) is 0.0833. The minimum Gasteiger partial charge on any atom is -0.453 e. The normalized spacial score (nSPS) is 13.0. The van der Waals surface area contributed by atoms with Crippen LogP contribution in [0.25, 0.3) is 11.1 Å². The lowest BCUT2D eigenvalue weighted by Gasteiger charge is -2.06. The molecule has 2 heterocycles. The van der Waals surface area contributed by atoms with Gasteiger partial charge in [0.2, 0.25) is 0 Å². The highest BCUT2D eigenvalue weighted by Gasteiger charge is 2.15. The molecule has 6 heteroatoms. The number of oxazole rings is 1. The highest BCUT2D eigenvalue weighted by Crippen LogP contribution is 2.34. The lowest BCUT2D eigenvalue weighted by Crippen LogP contribution is -1.92. The number of halogens is 2. The van der Waals surface area contributed by atoms with Crippen molar-refractivity contribution in [2.45, 2.75) is 4.83 Å². The van der Waals surface area contributed by atoms with E-state index >= 15 is 0 Å². The lowest BCUT2D eigenvalue weighted by atomic mass is 10.1. The van der Waals surface area contributed by atoms with Crippen molar-refractivity contribution < 1.29 is 8.83 Å². The Morgan fingerprint density at radius 3 is 2.72 bits per heavy atom. The van der Waals surface area contributed by atoms with Crippen molar-refractivity contribution in [3.8, 4) is 0 Å². The van der Waals surface area contributed by atoms with Gasteiger partial charge in [0, 0.05) is 0 Å². The van der Waals surface area contributed by atoms with Crippen LogP contribution in [0.1, 0.15) is 16.2 Å². The quantitative estimate of drug-likeness (QED) is 0.692. The smallest absolute Gasteiger partial charge is 0.417 e. The summed E-state index contributed by atoms with van der Waals surface area (Å²) < 4.78 is 11.2. The van der Waals surface area contributed by atoms with Crippen molar-refractivity contribution in [2.24, 2.45) is 0 Å². The van der Waals surface area contributed by atoms with E-state index in [1.54, 1.807) is 0 Å². The maximum absolute atomic E-state index is 11.1. The SMILES string of the molecule is O=c1[nH]c2ccc(C(Br)c3ccc(Br)o3)cc2o1. The number of fused-ring (bicyclic) bond motifs is 1. The summed E-state index contributed by atoms with van der Waals surface area (Å²) in [4.78, 5) is 13.6. The first-order valence-electron chi connectivity index (χ1n) is 5.15. The number of aromatic nitrogens is 1. The summed E-state index contributed by atoms with van der Waals surface area (Å²) >= 11 is 6.82. The monoisotopic (exact) mass is 371 g/mol. The van der Waals surface area contributed by atoms with E-state index in [4.69, 9.17) is 8.83 Å². The van der Waals surface area contributed by atoms with Crippen LogP contribution in [0.2, 0.25) is 0 Å². The van der Waals surface area contributed by atoms with E-state index in [-0.39, 0.29) is 4.83 Å². The first-order valence-corrected chi connectivity index (χ1v) is 6.86. The third-order valence-corrected chi connectivity index (χ3v) is 3.99. The van der Waals surface area contributed by atoms with Crippen molar-refractivity contribution in [3.63, 3.8) is 0 Å². The van der Waals surface area contributed by atoms with Crippen LogP contribution < -0.4 is 5.76 Å². The van der Waals surface area contributed by atoms with Crippen molar-refractivity contribution in [1.82, 2.24) is 4.98 Å². The molecule has 4 nitrogen and oxygen atoms in total. The molecule has 1 N–H and O–H groups in total. The van der Waals surface area contributed by atoms with E-state index in [2.05, 4.69) is 36.8 Å². The van der Waals surface area contributed by atoms with E-state index in [9.17, 15) is 4.79 Å². The van der Waals surface area contributed by atoms with Gasteiger partial charge in [0.1, 0.15) is 5.76 Å². The summed E-state index contributed by atoms with van der Waals surface area (Å²) in [5.41, 5.74) is 2.17. The molecule has 0 aliphatic heterocycles. The van der Waals surface area contributed by atoms with Crippen molar-refractivity contribution in [3.05, 3.63) is 56.9 Å². The predicted molar refractivity (Wildman–Crippen MR) is 74.0 cm³/mol. The number of furan rings is 1. The molecular weight excluding hydrogens is 366 g/mol. The van der Waals surface area contributed by atoms with Crippen LogP contribution >= 0.6 is 31.9 Å². The van der Waals surface area contributed by atoms with Crippen LogP contribution in [-0.2, 0) is 0 Å². The molecule has 3 aromatic rings. The third kappa shape index (κ3) is 2.06. The fourth-order valence-electron chi connectivity index (χ4n) is 1.75. The molecule has 0 bridgehead atoms. The Bertz CT molecular complexity index is 756.